The van der Waals surface area contributed by atoms with Crippen LogP contribution in [0.5, 0.6) is 0 Å². The second-order valence-corrected chi connectivity index (χ2v) is 10.5. The summed E-state index contributed by atoms with van der Waals surface area (Å²) >= 11 is 12.1. The van der Waals surface area contributed by atoms with Gasteiger partial charge in [-0.05, 0) is 49.7 Å². The number of aryl methyl sites for hydroxylation is 1. The van der Waals surface area contributed by atoms with Crippen LogP contribution in [0, 0.1) is 6.92 Å². The Morgan fingerprint density at radius 3 is 2.53 bits per heavy atom. The molecule has 1 amide bonds. The smallest absolute Gasteiger partial charge is 0.265 e. The Morgan fingerprint density at radius 1 is 1.09 bits per heavy atom. The van der Waals surface area contributed by atoms with Gasteiger partial charge in [0, 0.05) is 10.7 Å². The molecular weight excluding hydrogens is 473 g/mol. The molecule has 0 bridgehead atoms. The number of imidazole rings is 1. The first kappa shape index (κ1) is 24.2. The van der Waals surface area contributed by atoms with Gasteiger partial charge < -0.3 is 5.32 Å². The van der Waals surface area contributed by atoms with E-state index in [0.29, 0.717) is 34.0 Å². The van der Waals surface area contributed by atoms with Gasteiger partial charge >= 0.3 is 0 Å². The molecule has 1 aromatic heterocycles. The Morgan fingerprint density at radius 2 is 1.84 bits per heavy atom. The van der Waals surface area contributed by atoms with E-state index in [4.69, 9.17) is 23.2 Å². The zero-order valence-electron chi connectivity index (χ0n) is 17.7. The number of aromatic nitrogens is 2. The Kier molecular flexibility index (Phi) is 7.59. The van der Waals surface area contributed by atoms with Crippen LogP contribution in [-0.4, -0.2) is 41.3 Å². The van der Waals surface area contributed by atoms with E-state index >= 15 is 0 Å². The summed E-state index contributed by atoms with van der Waals surface area (Å²) in [5, 5.41) is 3.22. The first-order valence-electron chi connectivity index (χ1n) is 10.1. The molecule has 0 aliphatic heterocycles. The Balaban J connectivity index is 1.86. The summed E-state index contributed by atoms with van der Waals surface area (Å²) in [4.78, 5) is 29.9. The number of amides is 1. The molecule has 0 aliphatic carbocycles. The van der Waals surface area contributed by atoms with E-state index in [1.54, 1.807) is 31.2 Å². The highest BCUT2D eigenvalue weighted by Crippen LogP contribution is 2.26. The molecule has 0 unspecified atom stereocenters. The van der Waals surface area contributed by atoms with Crippen molar-refractivity contribution in [3.63, 3.8) is 0 Å². The molecule has 10 heteroatoms. The maximum atomic E-state index is 13.1. The van der Waals surface area contributed by atoms with E-state index in [1.165, 1.54) is 16.7 Å². The fourth-order valence-electron chi connectivity index (χ4n) is 3.35. The van der Waals surface area contributed by atoms with Gasteiger partial charge in [-0.2, -0.15) is 0 Å². The number of nitrogens with zero attached hydrogens (tertiary/aromatic N) is 2. The molecule has 0 fully saturated rings. The third kappa shape index (κ3) is 5.68. The molecule has 1 N–H and O–H groups in total. The molecule has 2 aromatic carbocycles. The summed E-state index contributed by atoms with van der Waals surface area (Å²) < 4.78 is 25.7. The van der Waals surface area contributed by atoms with Crippen LogP contribution in [0.25, 0.3) is 11.0 Å². The molecule has 0 radical (unpaired) electrons. The van der Waals surface area contributed by atoms with E-state index in [1.807, 2.05) is 6.92 Å². The van der Waals surface area contributed by atoms with Crippen molar-refractivity contribution in [3.8, 4) is 0 Å². The predicted octanol–water partition coefficient (Wildman–Crippen LogP) is 4.88. The lowest BCUT2D eigenvalue weighted by atomic mass is 10.2. The van der Waals surface area contributed by atoms with Gasteiger partial charge in [0.1, 0.15) is 11.6 Å². The van der Waals surface area contributed by atoms with Crippen molar-refractivity contribution >= 4 is 61.6 Å². The Labute approximate surface area is 196 Å². The number of anilines is 1. The standard InChI is InChI=1S/C22H23Cl2N3O4S/c1-3-4-5-10-32(30,31)13-21(28)26-16-7-9-19-20(12-16)27(14(2)25-19)22(29)17-8-6-15(23)11-18(17)24/h6-9,11-12H,3-5,10,13H2,1-2H3,(H,26,28). The Hall–Kier alpha value is -2.42. The van der Waals surface area contributed by atoms with Crippen LogP contribution in [0.1, 0.15) is 42.4 Å². The molecule has 0 saturated heterocycles. The third-order valence-electron chi connectivity index (χ3n) is 4.88. The van der Waals surface area contributed by atoms with Crippen molar-refractivity contribution in [2.45, 2.75) is 33.1 Å². The SMILES string of the molecule is CCCCCS(=O)(=O)CC(=O)Nc1ccc2nc(C)n(C(=O)c3ccc(Cl)cc3Cl)c2c1. The molecule has 32 heavy (non-hydrogen) atoms. The van der Waals surface area contributed by atoms with Crippen LogP contribution in [0.2, 0.25) is 10.0 Å². The highest BCUT2D eigenvalue weighted by atomic mass is 35.5. The summed E-state index contributed by atoms with van der Waals surface area (Å²) in [6.45, 7) is 3.66. The van der Waals surface area contributed by atoms with E-state index < -0.39 is 27.4 Å². The van der Waals surface area contributed by atoms with Gasteiger partial charge in [-0.15, -0.1) is 0 Å². The number of hydrogen-bond donors (Lipinski definition) is 1. The molecule has 0 saturated carbocycles. The fraction of sp³-hybridized carbons (Fsp3) is 0.318. The number of benzene rings is 2. The molecule has 3 aromatic rings. The quantitative estimate of drug-likeness (QED) is 0.448. The van der Waals surface area contributed by atoms with Crippen LogP contribution >= 0.6 is 23.2 Å². The van der Waals surface area contributed by atoms with Crippen LogP contribution in [-0.2, 0) is 14.6 Å². The molecule has 3 rings (SSSR count). The van der Waals surface area contributed by atoms with Crippen LogP contribution < -0.4 is 5.32 Å². The van der Waals surface area contributed by atoms with Gasteiger partial charge in [0.15, 0.2) is 9.84 Å². The van der Waals surface area contributed by atoms with Crippen LogP contribution in [0.15, 0.2) is 36.4 Å². The average Bonchev–Trinajstić information content (AvgIpc) is 3.02. The minimum absolute atomic E-state index is 0.0182. The lowest BCUT2D eigenvalue weighted by Crippen LogP contribution is -2.24. The van der Waals surface area contributed by atoms with E-state index in [-0.39, 0.29) is 16.3 Å². The lowest BCUT2D eigenvalue weighted by molar-refractivity contribution is -0.113. The fourth-order valence-corrected chi connectivity index (χ4v) is 5.10. The van der Waals surface area contributed by atoms with Gasteiger partial charge in [-0.3, -0.25) is 14.2 Å². The number of halogens is 2. The van der Waals surface area contributed by atoms with Gasteiger partial charge in [0.05, 0.1) is 27.4 Å². The summed E-state index contributed by atoms with van der Waals surface area (Å²) in [6.07, 6.45) is 2.23. The average molecular weight is 496 g/mol. The first-order valence-corrected chi connectivity index (χ1v) is 12.7. The minimum atomic E-state index is -3.49. The number of sulfone groups is 1. The highest BCUT2D eigenvalue weighted by molar-refractivity contribution is 7.92. The van der Waals surface area contributed by atoms with Crippen molar-refractivity contribution < 1.29 is 18.0 Å². The monoisotopic (exact) mass is 495 g/mol. The molecule has 1 heterocycles. The lowest BCUT2D eigenvalue weighted by Gasteiger charge is -2.09. The maximum absolute atomic E-state index is 13.1. The molecule has 0 spiro atoms. The molecule has 0 aliphatic rings. The summed E-state index contributed by atoms with van der Waals surface area (Å²) in [7, 11) is -3.49. The largest absolute Gasteiger partial charge is 0.325 e. The van der Waals surface area contributed by atoms with Gasteiger partial charge in [0.25, 0.3) is 5.91 Å². The molecule has 7 nitrogen and oxygen atoms in total. The number of rotatable bonds is 8. The maximum Gasteiger partial charge on any atom is 0.265 e. The number of fused-ring (bicyclic) bond motifs is 1. The number of unbranched alkanes of at least 4 members (excludes halogenated alkanes) is 2. The number of nitrogens with one attached hydrogen (secondary N) is 1. The normalized spacial score (nSPS) is 11.6. The minimum Gasteiger partial charge on any atom is -0.325 e. The predicted molar refractivity (Wildman–Crippen MR) is 127 cm³/mol. The van der Waals surface area contributed by atoms with Crippen molar-refractivity contribution in [1.29, 1.82) is 0 Å². The van der Waals surface area contributed by atoms with Gasteiger partial charge in [-0.25, -0.2) is 13.4 Å². The van der Waals surface area contributed by atoms with Crippen molar-refractivity contribution in [2.75, 3.05) is 16.8 Å². The van der Waals surface area contributed by atoms with E-state index in [9.17, 15) is 18.0 Å². The highest BCUT2D eigenvalue weighted by Gasteiger charge is 2.20. The number of hydrogen-bond acceptors (Lipinski definition) is 5. The summed E-state index contributed by atoms with van der Waals surface area (Å²) in [5.74, 6) is -1.19. The number of carbonyl (C=O) groups is 2. The number of carbonyl (C=O) groups excluding carboxylic acids is 2. The zero-order chi connectivity index (χ0) is 23.5. The van der Waals surface area contributed by atoms with E-state index in [0.717, 1.165) is 12.8 Å². The third-order valence-corrected chi connectivity index (χ3v) is 7.04. The van der Waals surface area contributed by atoms with E-state index in [2.05, 4.69) is 10.3 Å². The second kappa shape index (κ2) is 10.0. The zero-order valence-corrected chi connectivity index (χ0v) is 20.0. The second-order valence-electron chi connectivity index (χ2n) is 7.47. The Bertz CT molecular complexity index is 1290. The van der Waals surface area contributed by atoms with Crippen LogP contribution in [0.3, 0.4) is 0 Å². The first-order chi connectivity index (χ1) is 15.1. The van der Waals surface area contributed by atoms with Crippen molar-refractivity contribution in [1.82, 2.24) is 9.55 Å². The van der Waals surface area contributed by atoms with Gasteiger partial charge in [0.2, 0.25) is 5.91 Å². The molecule has 170 valence electrons. The van der Waals surface area contributed by atoms with Gasteiger partial charge in [-0.1, -0.05) is 43.0 Å². The topological polar surface area (TPSA) is 98.1 Å². The van der Waals surface area contributed by atoms with Crippen molar-refractivity contribution in [2.24, 2.45) is 0 Å². The van der Waals surface area contributed by atoms with Crippen LogP contribution in [0.4, 0.5) is 5.69 Å². The molecular formula is C22H23Cl2N3O4S. The summed E-state index contributed by atoms with van der Waals surface area (Å²) in [6, 6.07) is 9.44. The molecule has 0 atom stereocenters. The summed E-state index contributed by atoms with van der Waals surface area (Å²) in [5.41, 5.74) is 1.63. The van der Waals surface area contributed by atoms with Crippen molar-refractivity contribution in [3.05, 3.63) is 57.8 Å².